The monoisotopic (exact) mass is 216 g/mol. The fourth-order valence-electron chi connectivity index (χ4n) is 1.35. The highest BCUT2D eigenvalue weighted by Gasteiger charge is 2.14. The maximum Gasteiger partial charge on any atom is 0.130 e. The fraction of sp³-hybridized carbons (Fsp3) is 0.400. The molecule has 1 atom stereocenters. The summed E-state index contributed by atoms with van der Waals surface area (Å²) in [4.78, 5) is 0. The molecule has 3 N–H and O–H groups in total. The van der Waals surface area contributed by atoms with Gasteiger partial charge in [0.1, 0.15) is 11.6 Å². The molecule has 0 saturated carbocycles. The molecule has 84 valence electrons. The molecule has 3 nitrogen and oxygen atoms in total. The molecule has 1 unspecified atom stereocenters. The molecule has 0 aliphatic rings. The largest absolute Gasteiger partial charge is 0.385 e. The SMILES string of the molecule is COCCC(NN)c1ccc(F)cc1F. The van der Waals surface area contributed by atoms with Crippen molar-refractivity contribution in [1.82, 2.24) is 5.43 Å². The lowest BCUT2D eigenvalue weighted by atomic mass is 10.0. The number of hydrazine groups is 1. The van der Waals surface area contributed by atoms with Crippen LogP contribution in [-0.4, -0.2) is 13.7 Å². The fourth-order valence-corrected chi connectivity index (χ4v) is 1.35. The summed E-state index contributed by atoms with van der Waals surface area (Å²) in [5, 5.41) is 0. The Balaban J connectivity index is 2.81. The summed E-state index contributed by atoms with van der Waals surface area (Å²) in [5.41, 5.74) is 2.81. The number of halogens is 2. The highest BCUT2D eigenvalue weighted by Crippen LogP contribution is 2.20. The van der Waals surface area contributed by atoms with Gasteiger partial charge < -0.3 is 4.74 Å². The molecule has 1 aromatic rings. The Morgan fingerprint density at radius 1 is 1.47 bits per heavy atom. The van der Waals surface area contributed by atoms with Crippen LogP contribution < -0.4 is 11.3 Å². The summed E-state index contributed by atoms with van der Waals surface area (Å²) in [5.74, 6) is 4.09. The number of nitrogens with one attached hydrogen (secondary N) is 1. The minimum absolute atomic E-state index is 0.343. The summed E-state index contributed by atoms with van der Waals surface area (Å²) < 4.78 is 30.9. The van der Waals surface area contributed by atoms with Gasteiger partial charge in [0, 0.05) is 25.3 Å². The van der Waals surface area contributed by atoms with Crippen LogP contribution in [0.1, 0.15) is 18.0 Å². The van der Waals surface area contributed by atoms with Crippen LogP contribution in [0.15, 0.2) is 18.2 Å². The number of hydrogen-bond donors (Lipinski definition) is 2. The maximum absolute atomic E-state index is 13.3. The van der Waals surface area contributed by atoms with Gasteiger partial charge in [0.25, 0.3) is 0 Å². The molecule has 0 aliphatic carbocycles. The highest BCUT2D eigenvalue weighted by atomic mass is 19.1. The third-order valence-corrected chi connectivity index (χ3v) is 2.15. The smallest absolute Gasteiger partial charge is 0.130 e. The molecule has 0 spiro atoms. The first kappa shape index (κ1) is 12.0. The van der Waals surface area contributed by atoms with Gasteiger partial charge in [-0.2, -0.15) is 0 Å². The van der Waals surface area contributed by atoms with Gasteiger partial charge in [-0.15, -0.1) is 0 Å². The Morgan fingerprint density at radius 3 is 2.73 bits per heavy atom. The summed E-state index contributed by atoms with van der Waals surface area (Å²) in [7, 11) is 1.55. The van der Waals surface area contributed by atoms with Crippen molar-refractivity contribution < 1.29 is 13.5 Å². The Bertz CT molecular complexity index is 320. The molecule has 0 aromatic heterocycles. The maximum atomic E-state index is 13.3. The van der Waals surface area contributed by atoms with E-state index >= 15 is 0 Å². The second-order valence-electron chi connectivity index (χ2n) is 3.17. The third-order valence-electron chi connectivity index (χ3n) is 2.15. The molecule has 1 aromatic carbocycles. The molecule has 5 heteroatoms. The topological polar surface area (TPSA) is 47.3 Å². The second kappa shape index (κ2) is 5.75. The Morgan fingerprint density at radius 2 is 2.20 bits per heavy atom. The summed E-state index contributed by atoms with van der Waals surface area (Å²) in [6.45, 7) is 0.450. The number of methoxy groups -OCH3 is 1. The predicted octanol–water partition coefficient (Wildman–Crippen LogP) is 1.51. The van der Waals surface area contributed by atoms with E-state index in [9.17, 15) is 8.78 Å². The van der Waals surface area contributed by atoms with Gasteiger partial charge >= 0.3 is 0 Å². The van der Waals surface area contributed by atoms with Gasteiger partial charge in [-0.05, 0) is 12.5 Å². The lowest BCUT2D eigenvalue weighted by Gasteiger charge is -2.16. The highest BCUT2D eigenvalue weighted by molar-refractivity contribution is 5.22. The van der Waals surface area contributed by atoms with E-state index in [-0.39, 0.29) is 6.04 Å². The molecule has 0 heterocycles. The molecule has 0 fully saturated rings. The molecule has 0 aliphatic heterocycles. The van der Waals surface area contributed by atoms with Gasteiger partial charge in [-0.25, -0.2) is 8.78 Å². The average molecular weight is 216 g/mol. The Hall–Kier alpha value is -1.04. The number of nitrogens with two attached hydrogens (primary N) is 1. The van der Waals surface area contributed by atoms with Crippen LogP contribution in [-0.2, 0) is 4.74 Å². The average Bonchev–Trinajstić information content (AvgIpc) is 2.21. The zero-order valence-corrected chi connectivity index (χ0v) is 8.47. The first-order chi connectivity index (χ1) is 7.19. The van der Waals surface area contributed by atoms with Gasteiger partial charge in [-0.3, -0.25) is 11.3 Å². The van der Waals surface area contributed by atoms with E-state index in [2.05, 4.69) is 5.43 Å². The molecule has 15 heavy (non-hydrogen) atoms. The summed E-state index contributed by atoms with van der Waals surface area (Å²) >= 11 is 0. The van der Waals surface area contributed by atoms with E-state index in [0.717, 1.165) is 6.07 Å². The van der Waals surface area contributed by atoms with Crippen LogP contribution in [0.3, 0.4) is 0 Å². The number of hydrogen-bond acceptors (Lipinski definition) is 3. The lowest BCUT2D eigenvalue weighted by molar-refractivity contribution is 0.182. The molecule has 0 radical (unpaired) electrons. The van der Waals surface area contributed by atoms with Crippen LogP contribution in [0.4, 0.5) is 8.78 Å². The van der Waals surface area contributed by atoms with Gasteiger partial charge in [0.15, 0.2) is 0 Å². The standard InChI is InChI=1S/C10H14F2N2O/c1-15-5-4-10(14-13)8-3-2-7(11)6-9(8)12/h2-3,6,10,14H,4-5,13H2,1H3. The number of ether oxygens (including phenoxy) is 1. The van der Waals surface area contributed by atoms with Crippen LogP contribution >= 0.6 is 0 Å². The van der Waals surface area contributed by atoms with E-state index in [4.69, 9.17) is 10.6 Å². The normalized spacial score (nSPS) is 12.8. The van der Waals surface area contributed by atoms with Crippen LogP contribution in [0, 0.1) is 11.6 Å². The van der Waals surface area contributed by atoms with Gasteiger partial charge in [-0.1, -0.05) is 6.07 Å². The van der Waals surface area contributed by atoms with Crippen molar-refractivity contribution in [1.29, 1.82) is 0 Å². The van der Waals surface area contributed by atoms with Crippen LogP contribution in [0.2, 0.25) is 0 Å². The van der Waals surface area contributed by atoms with Crippen molar-refractivity contribution >= 4 is 0 Å². The van der Waals surface area contributed by atoms with Crippen molar-refractivity contribution in [3.63, 3.8) is 0 Å². The minimum atomic E-state index is -0.603. The minimum Gasteiger partial charge on any atom is -0.385 e. The number of benzene rings is 1. The molecule has 0 saturated heterocycles. The van der Waals surface area contributed by atoms with E-state index in [1.54, 1.807) is 7.11 Å². The molecule has 0 amide bonds. The first-order valence-electron chi connectivity index (χ1n) is 4.59. The molecular formula is C10H14F2N2O. The summed E-state index contributed by atoms with van der Waals surface area (Å²) in [6.07, 6.45) is 0.523. The van der Waals surface area contributed by atoms with Crippen molar-refractivity contribution in [2.75, 3.05) is 13.7 Å². The molecular weight excluding hydrogens is 202 g/mol. The molecule has 1 rings (SSSR count). The number of rotatable bonds is 5. The van der Waals surface area contributed by atoms with Crippen molar-refractivity contribution in [2.45, 2.75) is 12.5 Å². The van der Waals surface area contributed by atoms with Crippen molar-refractivity contribution in [3.8, 4) is 0 Å². The van der Waals surface area contributed by atoms with E-state index in [0.29, 0.717) is 18.6 Å². The Kier molecular flexibility index (Phi) is 4.61. The van der Waals surface area contributed by atoms with Crippen LogP contribution in [0.25, 0.3) is 0 Å². The van der Waals surface area contributed by atoms with Crippen molar-refractivity contribution in [2.24, 2.45) is 5.84 Å². The molecule has 0 bridgehead atoms. The van der Waals surface area contributed by atoms with Gasteiger partial charge in [0.2, 0.25) is 0 Å². The summed E-state index contributed by atoms with van der Waals surface area (Å²) in [6, 6.07) is 3.05. The second-order valence-corrected chi connectivity index (χ2v) is 3.17. The van der Waals surface area contributed by atoms with E-state index < -0.39 is 11.6 Å². The lowest BCUT2D eigenvalue weighted by Crippen LogP contribution is -2.29. The van der Waals surface area contributed by atoms with Gasteiger partial charge in [0.05, 0.1) is 6.04 Å². The Labute approximate surface area is 87.2 Å². The van der Waals surface area contributed by atoms with E-state index in [1.807, 2.05) is 0 Å². The zero-order chi connectivity index (χ0) is 11.3. The van der Waals surface area contributed by atoms with E-state index in [1.165, 1.54) is 12.1 Å². The quantitative estimate of drug-likeness (QED) is 0.579. The third kappa shape index (κ3) is 3.23. The predicted molar refractivity (Wildman–Crippen MR) is 52.9 cm³/mol. The van der Waals surface area contributed by atoms with Crippen molar-refractivity contribution in [3.05, 3.63) is 35.4 Å². The first-order valence-corrected chi connectivity index (χ1v) is 4.59. The zero-order valence-electron chi connectivity index (χ0n) is 8.47. The van der Waals surface area contributed by atoms with Crippen LogP contribution in [0.5, 0.6) is 0 Å².